The Hall–Kier alpha value is -2.67. The average Bonchev–Trinajstić information content (AvgIpc) is 3.00. The highest BCUT2D eigenvalue weighted by Crippen LogP contribution is 2.17. The van der Waals surface area contributed by atoms with Crippen LogP contribution in [0, 0.1) is 6.92 Å². The number of aromatic nitrogens is 2. The molecule has 1 unspecified atom stereocenters. The summed E-state index contributed by atoms with van der Waals surface area (Å²) in [5.41, 5.74) is 2.41. The Balaban J connectivity index is 1.79. The predicted octanol–water partition coefficient (Wildman–Crippen LogP) is 1.50. The van der Waals surface area contributed by atoms with Crippen molar-refractivity contribution < 1.29 is 19.4 Å². The van der Waals surface area contributed by atoms with E-state index in [1.165, 1.54) is 0 Å². The van der Waals surface area contributed by atoms with Crippen LogP contribution in [0.15, 0.2) is 36.5 Å². The number of ether oxygens (including phenoxy) is 1. The number of carboxylic acid groups (broad SMARTS) is 1. The first-order chi connectivity index (χ1) is 11.6. The van der Waals surface area contributed by atoms with Gasteiger partial charge in [0.05, 0.1) is 31.4 Å². The third-order valence-electron chi connectivity index (χ3n) is 4.09. The minimum atomic E-state index is -0.937. The van der Waals surface area contributed by atoms with Crippen LogP contribution >= 0.6 is 0 Å². The second-order valence-electron chi connectivity index (χ2n) is 5.76. The SMILES string of the molecule is Cc1ccnn1-c1ccc(C(=O)N2CCOCC2CC(=O)O)cc1. The van der Waals surface area contributed by atoms with Crippen LogP contribution in [0.5, 0.6) is 0 Å². The molecule has 7 heteroatoms. The van der Waals surface area contributed by atoms with Crippen molar-refractivity contribution in [3.05, 3.63) is 47.8 Å². The van der Waals surface area contributed by atoms with Gasteiger partial charge in [-0.3, -0.25) is 9.59 Å². The second-order valence-corrected chi connectivity index (χ2v) is 5.76. The average molecular weight is 329 g/mol. The van der Waals surface area contributed by atoms with Crippen LogP contribution in [0.4, 0.5) is 0 Å². The van der Waals surface area contributed by atoms with E-state index in [1.807, 2.05) is 25.1 Å². The topological polar surface area (TPSA) is 84.7 Å². The van der Waals surface area contributed by atoms with Crippen LogP contribution in [0.25, 0.3) is 5.69 Å². The Bertz CT molecular complexity index is 739. The zero-order chi connectivity index (χ0) is 17.1. The van der Waals surface area contributed by atoms with Crippen molar-refractivity contribution >= 4 is 11.9 Å². The van der Waals surface area contributed by atoms with E-state index in [1.54, 1.807) is 27.9 Å². The van der Waals surface area contributed by atoms with Crippen LogP contribution in [0.3, 0.4) is 0 Å². The van der Waals surface area contributed by atoms with Crippen molar-refractivity contribution in [2.45, 2.75) is 19.4 Å². The molecule has 1 amide bonds. The van der Waals surface area contributed by atoms with E-state index in [2.05, 4.69) is 5.10 Å². The third kappa shape index (κ3) is 3.30. The van der Waals surface area contributed by atoms with E-state index in [4.69, 9.17) is 9.84 Å². The largest absolute Gasteiger partial charge is 0.481 e. The highest BCUT2D eigenvalue weighted by Gasteiger charge is 2.29. The smallest absolute Gasteiger partial charge is 0.305 e. The molecule has 2 aromatic rings. The molecular weight excluding hydrogens is 310 g/mol. The maximum absolute atomic E-state index is 12.7. The lowest BCUT2D eigenvalue weighted by Gasteiger charge is -2.34. The van der Waals surface area contributed by atoms with Gasteiger partial charge >= 0.3 is 5.97 Å². The van der Waals surface area contributed by atoms with Crippen molar-refractivity contribution in [2.75, 3.05) is 19.8 Å². The normalized spacial score (nSPS) is 17.7. The minimum absolute atomic E-state index is 0.115. The molecule has 1 saturated heterocycles. The summed E-state index contributed by atoms with van der Waals surface area (Å²) in [5, 5.41) is 13.2. The third-order valence-corrected chi connectivity index (χ3v) is 4.09. The standard InChI is InChI=1S/C17H19N3O4/c1-12-6-7-18-20(12)14-4-2-13(3-5-14)17(23)19-8-9-24-11-15(19)10-16(21)22/h2-7,15H,8-11H2,1H3,(H,21,22). The number of aryl methyl sites for hydroxylation is 1. The fourth-order valence-electron chi connectivity index (χ4n) is 2.84. The van der Waals surface area contributed by atoms with Crippen molar-refractivity contribution in [1.29, 1.82) is 0 Å². The molecule has 0 radical (unpaired) electrons. The lowest BCUT2D eigenvalue weighted by atomic mass is 10.1. The molecule has 1 N–H and O–H groups in total. The molecule has 1 fully saturated rings. The summed E-state index contributed by atoms with van der Waals surface area (Å²) in [6, 6.07) is 8.62. The first-order valence-corrected chi connectivity index (χ1v) is 7.78. The molecular formula is C17H19N3O4. The molecule has 1 aliphatic rings. The van der Waals surface area contributed by atoms with Crippen LogP contribution in [0.1, 0.15) is 22.5 Å². The van der Waals surface area contributed by atoms with Gasteiger partial charge in [0.15, 0.2) is 0 Å². The number of carboxylic acids is 1. The lowest BCUT2D eigenvalue weighted by molar-refractivity contribution is -0.139. The number of benzene rings is 1. The molecule has 24 heavy (non-hydrogen) atoms. The Labute approximate surface area is 139 Å². The minimum Gasteiger partial charge on any atom is -0.481 e. The van der Waals surface area contributed by atoms with E-state index in [9.17, 15) is 9.59 Å². The Kier molecular flexibility index (Phi) is 4.61. The van der Waals surface area contributed by atoms with Gasteiger partial charge in [-0.25, -0.2) is 4.68 Å². The Morgan fingerprint density at radius 3 is 2.67 bits per heavy atom. The number of nitrogens with zero attached hydrogens (tertiary/aromatic N) is 3. The second kappa shape index (κ2) is 6.84. The zero-order valence-corrected chi connectivity index (χ0v) is 13.4. The van der Waals surface area contributed by atoms with Crippen LogP contribution in [-0.2, 0) is 9.53 Å². The molecule has 1 aromatic carbocycles. The van der Waals surface area contributed by atoms with Gasteiger partial charge in [0.25, 0.3) is 5.91 Å². The predicted molar refractivity (Wildman–Crippen MR) is 86.2 cm³/mol. The first-order valence-electron chi connectivity index (χ1n) is 7.78. The summed E-state index contributed by atoms with van der Waals surface area (Å²) in [7, 11) is 0. The molecule has 2 heterocycles. The fourth-order valence-corrected chi connectivity index (χ4v) is 2.84. The number of carbonyl (C=O) groups is 2. The maximum Gasteiger partial charge on any atom is 0.305 e. The summed E-state index contributed by atoms with van der Waals surface area (Å²) >= 11 is 0. The Morgan fingerprint density at radius 2 is 2.04 bits per heavy atom. The van der Waals surface area contributed by atoms with Crippen LogP contribution in [0.2, 0.25) is 0 Å². The van der Waals surface area contributed by atoms with Gasteiger partial charge < -0.3 is 14.7 Å². The van der Waals surface area contributed by atoms with E-state index in [0.717, 1.165) is 11.4 Å². The van der Waals surface area contributed by atoms with Crippen molar-refractivity contribution in [3.63, 3.8) is 0 Å². The number of hydrogen-bond acceptors (Lipinski definition) is 4. The van der Waals surface area contributed by atoms with Gasteiger partial charge in [-0.05, 0) is 37.3 Å². The number of aliphatic carboxylic acids is 1. The first kappa shape index (κ1) is 16.2. The van der Waals surface area contributed by atoms with Crippen LogP contribution < -0.4 is 0 Å². The summed E-state index contributed by atoms with van der Waals surface area (Å²) < 4.78 is 7.10. The van der Waals surface area contributed by atoms with Gasteiger partial charge in [0, 0.05) is 24.0 Å². The number of amides is 1. The quantitative estimate of drug-likeness (QED) is 0.919. The van der Waals surface area contributed by atoms with E-state index in [-0.39, 0.29) is 18.9 Å². The van der Waals surface area contributed by atoms with Crippen molar-refractivity contribution in [2.24, 2.45) is 0 Å². The van der Waals surface area contributed by atoms with Crippen molar-refractivity contribution in [1.82, 2.24) is 14.7 Å². The zero-order valence-electron chi connectivity index (χ0n) is 13.4. The molecule has 1 atom stereocenters. The summed E-state index contributed by atoms with van der Waals surface area (Å²) in [4.78, 5) is 25.3. The molecule has 0 saturated carbocycles. The number of hydrogen-bond donors (Lipinski definition) is 1. The number of morpholine rings is 1. The van der Waals surface area contributed by atoms with Gasteiger partial charge in [0.2, 0.25) is 0 Å². The maximum atomic E-state index is 12.7. The molecule has 7 nitrogen and oxygen atoms in total. The van der Waals surface area contributed by atoms with E-state index < -0.39 is 12.0 Å². The Morgan fingerprint density at radius 1 is 1.29 bits per heavy atom. The summed E-state index contributed by atoms with van der Waals surface area (Å²) in [5.74, 6) is -1.11. The number of carbonyl (C=O) groups excluding carboxylic acids is 1. The number of rotatable bonds is 4. The molecule has 0 aliphatic carbocycles. The lowest BCUT2D eigenvalue weighted by Crippen LogP contribution is -2.49. The highest BCUT2D eigenvalue weighted by molar-refractivity contribution is 5.95. The van der Waals surface area contributed by atoms with Gasteiger partial charge in [-0.2, -0.15) is 5.10 Å². The van der Waals surface area contributed by atoms with Gasteiger partial charge in [0.1, 0.15) is 0 Å². The molecule has 1 aliphatic heterocycles. The summed E-state index contributed by atoms with van der Waals surface area (Å²) in [6.45, 7) is 3.03. The molecule has 0 spiro atoms. The highest BCUT2D eigenvalue weighted by atomic mass is 16.5. The molecule has 126 valence electrons. The molecule has 0 bridgehead atoms. The fraction of sp³-hybridized carbons (Fsp3) is 0.353. The van der Waals surface area contributed by atoms with E-state index >= 15 is 0 Å². The molecule has 3 rings (SSSR count). The van der Waals surface area contributed by atoms with E-state index in [0.29, 0.717) is 18.7 Å². The van der Waals surface area contributed by atoms with Gasteiger partial charge in [-0.1, -0.05) is 0 Å². The molecule has 1 aromatic heterocycles. The van der Waals surface area contributed by atoms with Crippen molar-refractivity contribution in [3.8, 4) is 5.69 Å². The summed E-state index contributed by atoms with van der Waals surface area (Å²) in [6.07, 6.45) is 1.61. The van der Waals surface area contributed by atoms with Gasteiger partial charge in [-0.15, -0.1) is 0 Å². The van der Waals surface area contributed by atoms with Crippen LogP contribution in [-0.4, -0.2) is 57.5 Å². The monoisotopic (exact) mass is 329 g/mol.